The molecule has 7 heteroatoms. The van der Waals surface area contributed by atoms with Crippen molar-refractivity contribution in [3.05, 3.63) is 101 Å². The van der Waals surface area contributed by atoms with Crippen LogP contribution in [0.2, 0.25) is 0 Å². The SMILES string of the molecule is O=C(O)/C(=C/c1ccc(Oc2ccccc2F)cc1)NC(=O)c1cccc(F)c1. The zero-order valence-electron chi connectivity index (χ0n) is 14.9. The number of amides is 1. The highest BCUT2D eigenvalue weighted by Gasteiger charge is 2.14. The molecule has 0 spiro atoms. The molecule has 0 heterocycles. The molecule has 2 N–H and O–H groups in total. The molecule has 0 bridgehead atoms. The first kappa shape index (κ1) is 19.8. The van der Waals surface area contributed by atoms with E-state index in [-0.39, 0.29) is 17.0 Å². The molecule has 0 saturated carbocycles. The van der Waals surface area contributed by atoms with E-state index < -0.39 is 23.5 Å². The van der Waals surface area contributed by atoms with Crippen molar-refractivity contribution in [3.8, 4) is 11.5 Å². The van der Waals surface area contributed by atoms with Crippen LogP contribution in [0.1, 0.15) is 15.9 Å². The summed E-state index contributed by atoms with van der Waals surface area (Å²) in [5, 5.41) is 11.6. The number of carbonyl (C=O) groups is 2. The van der Waals surface area contributed by atoms with E-state index in [2.05, 4.69) is 5.32 Å². The first-order valence-corrected chi connectivity index (χ1v) is 8.47. The van der Waals surface area contributed by atoms with E-state index in [4.69, 9.17) is 4.74 Å². The maximum absolute atomic E-state index is 13.6. The number of carboxylic acids is 1. The Hall–Kier alpha value is -4.00. The maximum Gasteiger partial charge on any atom is 0.352 e. The number of hydrogen-bond acceptors (Lipinski definition) is 3. The first-order chi connectivity index (χ1) is 13.9. The van der Waals surface area contributed by atoms with E-state index in [1.807, 2.05) is 0 Å². The van der Waals surface area contributed by atoms with Crippen molar-refractivity contribution in [2.45, 2.75) is 0 Å². The number of carboxylic acid groups (broad SMARTS) is 1. The van der Waals surface area contributed by atoms with Crippen molar-refractivity contribution in [1.82, 2.24) is 5.32 Å². The van der Waals surface area contributed by atoms with Crippen LogP contribution < -0.4 is 10.1 Å². The Morgan fingerprint density at radius 2 is 1.66 bits per heavy atom. The van der Waals surface area contributed by atoms with Gasteiger partial charge in [-0.15, -0.1) is 0 Å². The number of rotatable bonds is 6. The van der Waals surface area contributed by atoms with Gasteiger partial charge in [-0.05, 0) is 54.1 Å². The second-order valence-corrected chi connectivity index (χ2v) is 5.93. The van der Waals surface area contributed by atoms with Crippen molar-refractivity contribution in [1.29, 1.82) is 0 Å². The molecular weight excluding hydrogens is 380 g/mol. The lowest BCUT2D eigenvalue weighted by atomic mass is 10.1. The molecule has 1 amide bonds. The number of hydrogen-bond donors (Lipinski definition) is 2. The van der Waals surface area contributed by atoms with Crippen LogP contribution in [0.25, 0.3) is 6.08 Å². The van der Waals surface area contributed by atoms with Crippen molar-refractivity contribution in [3.63, 3.8) is 0 Å². The largest absolute Gasteiger partial charge is 0.477 e. The Morgan fingerprint density at radius 3 is 2.31 bits per heavy atom. The van der Waals surface area contributed by atoms with Crippen LogP contribution in [0, 0.1) is 11.6 Å². The highest BCUT2D eigenvalue weighted by molar-refractivity contribution is 6.02. The number of carbonyl (C=O) groups excluding carboxylic acids is 1. The normalized spacial score (nSPS) is 11.0. The molecule has 0 saturated heterocycles. The monoisotopic (exact) mass is 395 g/mol. The van der Waals surface area contributed by atoms with Gasteiger partial charge in [0.25, 0.3) is 5.91 Å². The van der Waals surface area contributed by atoms with Crippen LogP contribution >= 0.6 is 0 Å². The molecule has 0 radical (unpaired) electrons. The molecule has 0 fully saturated rings. The smallest absolute Gasteiger partial charge is 0.352 e. The first-order valence-electron chi connectivity index (χ1n) is 8.47. The summed E-state index contributed by atoms with van der Waals surface area (Å²) in [5.41, 5.74) is 0.0654. The minimum atomic E-state index is -1.36. The average molecular weight is 395 g/mol. The van der Waals surface area contributed by atoms with Gasteiger partial charge >= 0.3 is 5.97 Å². The topological polar surface area (TPSA) is 75.6 Å². The number of aliphatic carboxylic acids is 1. The second kappa shape index (κ2) is 8.79. The van der Waals surface area contributed by atoms with Crippen LogP contribution in [0.3, 0.4) is 0 Å². The minimum Gasteiger partial charge on any atom is -0.477 e. The van der Waals surface area contributed by atoms with E-state index in [0.717, 1.165) is 6.07 Å². The van der Waals surface area contributed by atoms with Crippen molar-refractivity contribution >= 4 is 18.0 Å². The summed E-state index contributed by atoms with van der Waals surface area (Å²) in [6.07, 6.45) is 1.24. The van der Waals surface area contributed by atoms with Gasteiger partial charge in [0.15, 0.2) is 11.6 Å². The summed E-state index contributed by atoms with van der Waals surface area (Å²) in [4.78, 5) is 23.6. The van der Waals surface area contributed by atoms with Gasteiger partial charge in [-0.1, -0.05) is 30.3 Å². The van der Waals surface area contributed by atoms with Crippen LogP contribution in [-0.4, -0.2) is 17.0 Å². The predicted octanol–water partition coefficient (Wildman–Crippen LogP) is 4.61. The van der Waals surface area contributed by atoms with E-state index in [1.165, 1.54) is 48.5 Å². The van der Waals surface area contributed by atoms with Gasteiger partial charge < -0.3 is 15.2 Å². The molecular formula is C22H15F2NO4. The minimum absolute atomic E-state index is 0.00853. The molecule has 3 aromatic carbocycles. The van der Waals surface area contributed by atoms with Crippen molar-refractivity contribution in [2.75, 3.05) is 0 Å². The summed E-state index contributed by atoms with van der Waals surface area (Å²) < 4.78 is 32.3. The summed E-state index contributed by atoms with van der Waals surface area (Å²) in [6.45, 7) is 0. The standard InChI is InChI=1S/C22H15F2NO4/c23-16-5-3-4-15(13-16)21(26)25-19(22(27)28)12-14-8-10-17(11-9-14)29-20-7-2-1-6-18(20)24/h1-13H,(H,25,26)(H,27,28)/b19-12-. The second-order valence-electron chi connectivity index (χ2n) is 5.93. The fourth-order valence-corrected chi connectivity index (χ4v) is 2.43. The molecule has 0 aliphatic rings. The zero-order valence-corrected chi connectivity index (χ0v) is 14.9. The summed E-state index contributed by atoms with van der Waals surface area (Å²) >= 11 is 0. The Balaban J connectivity index is 1.76. The number of ether oxygens (including phenoxy) is 1. The highest BCUT2D eigenvalue weighted by Crippen LogP contribution is 2.24. The number of halogens is 2. The lowest BCUT2D eigenvalue weighted by molar-refractivity contribution is -0.132. The molecule has 3 aromatic rings. The maximum atomic E-state index is 13.6. The molecule has 0 aromatic heterocycles. The molecule has 29 heavy (non-hydrogen) atoms. The molecule has 0 unspecified atom stereocenters. The molecule has 5 nitrogen and oxygen atoms in total. The van der Waals surface area contributed by atoms with Crippen LogP contribution in [-0.2, 0) is 4.79 Å². The van der Waals surface area contributed by atoms with E-state index in [1.54, 1.807) is 24.3 Å². The van der Waals surface area contributed by atoms with Gasteiger partial charge in [0.05, 0.1) is 0 Å². The number of benzene rings is 3. The zero-order chi connectivity index (χ0) is 20.8. The lowest BCUT2D eigenvalue weighted by Gasteiger charge is -2.08. The van der Waals surface area contributed by atoms with Gasteiger partial charge in [0.1, 0.15) is 17.3 Å². The van der Waals surface area contributed by atoms with Crippen molar-refractivity contribution in [2.24, 2.45) is 0 Å². The van der Waals surface area contributed by atoms with Crippen LogP contribution in [0.5, 0.6) is 11.5 Å². The summed E-state index contributed by atoms with van der Waals surface area (Å²) in [5.74, 6) is -2.81. The Labute approximate surface area is 164 Å². The van der Waals surface area contributed by atoms with Crippen molar-refractivity contribution < 1.29 is 28.2 Å². The summed E-state index contributed by atoms with van der Waals surface area (Å²) in [6, 6.07) is 17.0. The molecule has 0 atom stereocenters. The highest BCUT2D eigenvalue weighted by atomic mass is 19.1. The Morgan fingerprint density at radius 1 is 0.931 bits per heavy atom. The molecule has 146 valence electrons. The molecule has 0 aliphatic heterocycles. The number of nitrogens with one attached hydrogen (secondary N) is 1. The third kappa shape index (κ3) is 5.26. The average Bonchev–Trinajstić information content (AvgIpc) is 2.70. The Bertz CT molecular complexity index is 1080. The quantitative estimate of drug-likeness (QED) is 0.598. The Kier molecular flexibility index (Phi) is 5.99. The van der Waals surface area contributed by atoms with Gasteiger partial charge in [-0.2, -0.15) is 0 Å². The van der Waals surface area contributed by atoms with E-state index in [9.17, 15) is 23.5 Å². The number of para-hydroxylation sites is 1. The van der Waals surface area contributed by atoms with Gasteiger partial charge in [0.2, 0.25) is 0 Å². The predicted molar refractivity (Wildman–Crippen MR) is 102 cm³/mol. The van der Waals surface area contributed by atoms with Crippen LogP contribution in [0.4, 0.5) is 8.78 Å². The van der Waals surface area contributed by atoms with Gasteiger partial charge in [-0.3, -0.25) is 4.79 Å². The van der Waals surface area contributed by atoms with Crippen LogP contribution in [0.15, 0.2) is 78.5 Å². The summed E-state index contributed by atoms with van der Waals surface area (Å²) in [7, 11) is 0. The lowest BCUT2D eigenvalue weighted by Crippen LogP contribution is -2.27. The van der Waals surface area contributed by atoms with E-state index in [0.29, 0.717) is 11.3 Å². The fourth-order valence-electron chi connectivity index (χ4n) is 2.43. The van der Waals surface area contributed by atoms with Gasteiger partial charge in [-0.25, -0.2) is 13.6 Å². The third-order valence-corrected chi connectivity index (χ3v) is 3.82. The van der Waals surface area contributed by atoms with E-state index >= 15 is 0 Å². The third-order valence-electron chi connectivity index (χ3n) is 3.82. The fraction of sp³-hybridized carbons (Fsp3) is 0. The molecule has 3 rings (SSSR count). The van der Waals surface area contributed by atoms with Gasteiger partial charge in [0, 0.05) is 5.56 Å². The molecule has 0 aliphatic carbocycles.